The van der Waals surface area contributed by atoms with Crippen molar-refractivity contribution in [2.45, 2.75) is 19.5 Å². The van der Waals surface area contributed by atoms with Crippen molar-refractivity contribution in [1.82, 2.24) is 9.78 Å². The molecule has 0 aliphatic carbocycles. The van der Waals surface area contributed by atoms with Crippen LogP contribution < -0.4 is 10.9 Å². The van der Waals surface area contributed by atoms with Crippen molar-refractivity contribution >= 4 is 21.6 Å². The van der Waals surface area contributed by atoms with Gasteiger partial charge in [-0.05, 0) is 22.9 Å². The first kappa shape index (κ1) is 12.4. The number of hydrogen-bond donors (Lipinski definition) is 1. The van der Waals surface area contributed by atoms with Crippen LogP contribution in [0.15, 0.2) is 15.5 Å². The van der Waals surface area contributed by atoms with Crippen molar-refractivity contribution < 1.29 is 0 Å². The van der Waals surface area contributed by atoms with E-state index in [1.54, 1.807) is 6.92 Å². The Bertz CT molecular complexity index is 522. The van der Waals surface area contributed by atoms with E-state index in [-0.39, 0.29) is 18.1 Å². The van der Waals surface area contributed by atoms with Gasteiger partial charge >= 0.3 is 0 Å². The van der Waals surface area contributed by atoms with Gasteiger partial charge in [-0.15, -0.1) is 12.8 Å². The van der Waals surface area contributed by atoms with Gasteiger partial charge in [0.2, 0.25) is 0 Å². The zero-order chi connectivity index (χ0) is 12.1. The molecular weight excluding hydrogens is 270 g/mol. The van der Waals surface area contributed by atoms with E-state index in [0.29, 0.717) is 10.2 Å². The van der Waals surface area contributed by atoms with Crippen molar-refractivity contribution in [3.8, 4) is 24.7 Å². The first-order valence-electron chi connectivity index (χ1n) is 4.52. The van der Waals surface area contributed by atoms with E-state index >= 15 is 0 Å². The van der Waals surface area contributed by atoms with E-state index in [0.717, 1.165) is 0 Å². The van der Waals surface area contributed by atoms with Crippen molar-refractivity contribution in [2.24, 2.45) is 0 Å². The van der Waals surface area contributed by atoms with Gasteiger partial charge in [-0.3, -0.25) is 4.79 Å². The molecule has 0 spiro atoms. The molecule has 0 radical (unpaired) electrons. The Balaban J connectivity index is 3.09. The molecular formula is C11H10BrN3O. The molecule has 1 N–H and O–H groups in total. The Hall–Kier alpha value is -1.72. The van der Waals surface area contributed by atoms with Crippen LogP contribution in [0.5, 0.6) is 0 Å². The highest BCUT2D eigenvalue weighted by Crippen LogP contribution is 2.16. The fourth-order valence-corrected chi connectivity index (χ4v) is 1.46. The van der Waals surface area contributed by atoms with E-state index in [4.69, 9.17) is 12.8 Å². The van der Waals surface area contributed by atoms with Crippen molar-refractivity contribution in [2.75, 3.05) is 5.32 Å². The molecule has 5 heteroatoms. The first-order chi connectivity index (χ1) is 7.60. The molecule has 0 aliphatic heterocycles. The minimum Gasteiger partial charge on any atom is -0.369 e. The summed E-state index contributed by atoms with van der Waals surface area (Å²) in [5.41, 5.74) is 0.274. The lowest BCUT2D eigenvalue weighted by Gasteiger charge is -2.11. The molecule has 0 aliphatic rings. The molecule has 0 fully saturated rings. The molecule has 1 aromatic rings. The summed E-state index contributed by atoms with van der Waals surface area (Å²) in [4.78, 5) is 11.7. The summed E-state index contributed by atoms with van der Waals surface area (Å²) in [7, 11) is 0. The molecule has 1 aromatic heterocycles. The standard InChI is InChI=1S/C11H10BrN3O/c1-4-6-15-11(16)10(12)9(7-13-15)14-8(3)5-2/h1-2,7-8,14H,6H2,3H3. The van der Waals surface area contributed by atoms with Gasteiger partial charge in [0.1, 0.15) is 11.0 Å². The molecule has 0 aromatic carbocycles. The second kappa shape index (κ2) is 5.39. The summed E-state index contributed by atoms with van der Waals surface area (Å²) in [6.07, 6.45) is 11.9. The normalized spacial score (nSPS) is 11.2. The van der Waals surface area contributed by atoms with E-state index < -0.39 is 0 Å². The topological polar surface area (TPSA) is 46.9 Å². The Kier molecular flexibility index (Phi) is 4.16. The predicted octanol–water partition coefficient (Wildman–Crippen LogP) is 1.07. The predicted molar refractivity (Wildman–Crippen MR) is 66.9 cm³/mol. The Morgan fingerprint density at radius 3 is 2.94 bits per heavy atom. The largest absolute Gasteiger partial charge is 0.369 e. The average Bonchev–Trinajstić information content (AvgIpc) is 2.28. The zero-order valence-corrected chi connectivity index (χ0v) is 10.3. The van der Waals surface area contributed by atoms with Crippen LogP contribution in [0, 0.1) is 24.7 Å². The van der Waals surface area contributed by atoms with Crippen LogP contribution in [0.3, 0.4) is 0 Å². The van der Waals surface area contributed by atoms with Crippen LogP contribution in [0.4, 0.5) is 5.69 Å². The van der Waals surface area contributed by atoms with Gasteiger partial charge in [0, 0.05) is 0 Å². The fraction of sp³-hybridized carbons (Fsp3) is 0.273. The van der Waals surface area contributed by atoms with Gasteiger partial charge in [-0.25, -0.2) is 4.68 Å². The lowest BCUT2D eigenvalue weighted by atomic mass is 10.3. The fourth-order valence-electron chi connectivity index (χ4n) is 1.04. The quantitative estimate of drug-likeness (QED) is 0.843. The lowest BCUT2D eigenvalue weighted by molar-refractivity contribution is 0.659. The van der Waals surface area contributed by atoms with Crippen molar-refractivity contribution in [1.29, 1.82) is 0 Å². The van der Waals surface area contributed by atoms with Crippen LogP contribution >= 0.6 is 15.9 Å². The number of nitrogens with zero attached hydrogens (tertiary/aromatic N) is 2. The molecule has 1 atom stereocenters. The maximum Gasteiger partial charge on any atom is 0.284 e. The summed E-state index contributed by atoms with van der Waals surface area (Å²) < 4.78 is 1.57. The third-order valence-electron chi connectivity index (χ3n) is 1.85. The van der Waals surface area contributed by atoms with E-state index in [9.17, 15) is 4.79 Å². The minimum absolute atomic E-state index is 0.141. The third kappa shape index (κ3) is 2.65. The highest BCUT2D eigenvalue weighted by molar-refractivity contribution is 9.10. The number of nitrogens with one attached hydrogen (secondary N) is 1. The SMILES string of the molecule is C#CCn1ncc(NC(C)C#C)c(Br)c1=O. The highest BCUT2D eigenvalue weighted by atomic mass is 79.9. The molecule has 0 saturated carbocycles. The van der Waals surface area contributed by atoms with Gasteiger partial charge in [-0.2, -0.15) is 5.10 Å². The molecule has 0 bridgehead atoms. The number of terminal acetylenes is 2. The first-order valence-corrected chi connectivity index (χ1v) is 5.31. The number of halogens is 1. The Morgan fingerprint density at radius 1 is 1.69 bits per heavy atom. The maximum absolute atomic E-state index is 11.7. The van der Waals surface area contributed by atoms with Gasteiger partial charge in [0.05, 0.1) is 17.9 Å². The van der Waals surface area contributed by atoms with E-state index in [1.165, 1.54) is 10.9 Å². The van der Waals surface area contributed by atoms with Crippen LogP contribution in [0.1, 0.15) is 6.92 Å². The monoisotopic (exact) mass is 279 g/mol. The van der Waals surface area contributed by atoms with Crippen molar-refractivity contribution in [3.05, 3.63) is 21.0 Å². The minimum atomic E-state index is -0.285. The second-order valence-electron chi connectivity index (χ2n) is 3.07. The van der Waals surface area contributed by atoms with E-state index in [2.05, 4.69) is 38.2 Å². The second-order valence-corrected chi connectivity index (χ2v) is 3.86. The molecule has 0 saturated heterocycles. The Morgan fingerprint density at radius 2 is 2.38 bits per heavy atom. The van der Waals surface area contributed by atoms with Crippen LogP contribution in [0.25, 0.3) is 0 Å². The third-order valence-corrected chi connectivity index (χ3v) is 2.61. The van der Waals surface area contributed by atoms with E-state index in [1.807, 2.05) is 0 Å². The van der Waals surface area contributed by atoms with Crippen LogP contribution in [-0.4, -0.2) is 15.8 Å². The summed E-state index contributed by atoms with van der Waals surface area (Å²) in [5, 5.41) is 6.88. The number of aromatic nitrogens is 2. The molecule has 16 heavy (non-hydrogen) atoms. The van der Waals surface area contributed by atoms with Crippen LogP contribution in [-0.2, 0) is 6.54 Å². The molecule has 4 nitrogen and oxygen atoms in total. The van der Waals surface area contributed by atoms with Crippen LogP contribution in [0.2, 0.25) is 0 Å². The number of hydrogen-bond acceptors (Lipinski definition) is 3. The molecule has 1 unspecified atom stereocenters. The van der Waals surface area contributed by atoms with Gasteiger partial charge in [0.25, 0.3) is 5.56 Å². The average molecular weight is 280 g/mol. The summed E-state index contributed by atoms with van der Waals surface area (Å²) >= 11 is 3.19. The van der Waals surface area contributed by atoms with Gasteiger partial charge in [0.15, 0.2) is 0 Å². The highest BCUT2D eigenvalue weighted by Gasteiger charge is 2.09. The lowest BCUT2D eigenvalue weighted by Crippen LogP contribution is -2.25. The summed E-state index contributed by atoms with van der Waals surface area (Å²) in [6, 6.07) is -0.180. The summed E-state index contributed by atoms with van der Waals surface area (Å²) in [6.45, 7) is 1.95. The number of anilines is 1. The van der Waals surface area contributed by atoms with Gasteiger partial charge < -0.3 is 5.32 Å². The number of rotatable bonds is 3. The maximum atomic E-state index is 11.7. The molecule has 1 rings (SSSR count). The van der Waals surface area contributed by atoms with Crippen molar-refractivity contribution in [3.63, 3.8) is 0 Å². The smallest absolute Gasteiger partial charge is 0.284 e. The molecule has 0 amide bonds. The molecule has 1 heterocycles. The van der Waals surface area contributed by atoms with Gasteiger partial charge in [-0.1, -0.05) is 11.8 Å². The zero-order valence-electron chi connectivity index (χ0n) is 8.70. The molecule has 82 valence electrons. The summed E-state index contributed by atoms with van der Waals surface area (Å²) in [5.74, 6) is 4.85. The Labute approximate surface area is 102 Å².